The van der Waals surface area contributed by atoms with E-state index in [2.05, 4.69) is 21.1 Å². The Kier molecular flexibility index (Phi) is 8.77. The van der Waals surface area contributed by atoms with Gasteiger partial charge in [0.15, 0.2) is 6.61 Å². The number of ether oxygens (including phenoxy) is 1. The lowest BCUT2D eigenvalue weighted by Gasteiger charge is -2.21. The molecule has 0 aliphatic heterocycles. The minimum absolute atomic E-state index is 0.370. The molecule has 3 aromatic rings. The van der Waals surface area contributed by atoms with Gasteiger partial charge in [-0.15, -0.1) is 0 Å². The highest BCUT2D eigenvalue weighted by Crippen LogP contribution is 2.16. The second-order valence-corrected chi connectivity index (χ2v) is 7.63. The van der Waals surface area contributed by atoms with Crippen molar-refractivity contribution in [3.8, 4) is 0 Å². The summed E-state index contributed by atoms with van der Waals surface area (Å²) in [4.78, 5) is 50.4. The largest absolute Gasteiger partial charge is 0.454 e. The van der Waals surface area contributed by atoms with E-state index in [0.29, 0.717) is 11.1 Å². The number of anilines is 1. The van der Waals surface area contributed by atoms with Crippen LogP contribution in [0.2, 0.25) is 0 Å². The van der Waals surface area contributed by atoms with E-state index in [-0.39, 0.29) is 0 Å². The molecule has 0 aromatic heterocycles. The van der Waals surface area contributed by atoms with Gasteiger partial charge in [0, 0.05) is 29.9 Å². The van der Waals surface area contributed by atoms with Gasteiger partial charge in [0.25, 0.3) is 17.7 Å². The number of fused-ring (bicyclic) bond motifs is 1. The van der Waals surface area contributed by atoms with Crippen molar-refractivity contribution in [2.75, 3.05) is 31.1 Å². The number of nitrogens with zero attached hydrogens (tertiary/aromatic N) is 1. The molecule has 182 valence electrons. The third-order valence-corrected chi connectivity index (χ3v) is 5.34. The molecular weight excluding hydrogens is 448 g/mol. The molecule has 9 nitrogen and oxygen atoms in total. The molecule has 3 amide bonds. The number of carbonyl (C=O) groups is 4. The summed E-state index contributed by atoms with van der Waals surface area (Å²) >= 11 is 0. The summed E-state index contributed by atoms with van der Waals surface area (Å²) in [5.41, 5.74) is 6.23. The fraction of sp³-hybridized carbons (Fsp3) is 0.231. The first-order valence-corrected chi connectivity index (χ1v) is 11.3. The zero-order valence-corrected chi connectivity index (χ0v) is 19.7. The van der Waals surface area contributed by atoms with Gasteiger partial charge in [-0.1, -0.05) is 30.3 Å². The van der Waals surface area contributed by atoms with Crippen LogP contribution in [0.15, 0.2) is 66.7 Å². The molecule has 35 heavy (non-hydrogen) atoms. The minimum atomic E-state index is -0.785. The van der Waals surface area contributed by atoms with Gasteiger partial charge in [-0.2, -0.15) is 0 Å². The quantitative estimate of drug-likeness (QED) is 0.323. The average Bonchev–Trinajstić information content (AvgIpc) is 2.89. The van der Waals surface area contributed by atoms with Crippen molar-refractivity contribution in [2.45, 2.75) is 13.8 Å². The van der Waals surface area contributed by atoms with Gasteiger partial charge < -0.3 is 15.0 Å². The number of amides is 3. The van der Waals surface area contributed by atoms with Crippen molar-refractivity contribution in [1.82, 2.24) is 16.2 Å². The Morgan fingerprint density at radius 3 is 2.11 bits per heavy atom. The maximum Gasteiger partial charge on any atom is 0.325 e. The number of hydrazine groups is 1. The van der Waals surface area contributed by atoms with Gasteiger partial charge in [0.05, 0.1) is 0 Å². The van der Waals surface area contributed by atoms with Gasteiger partial charge in [0.1, 0.15) is 6.54 Å². The maximum atomic E-state index is 12.3. The molecule has 0 aliphatic carbocycles. The number of esters is 1. The van der Waals surface area contributed by atoms with Gasteiger partial charge >= 0.3 is 5.97 Å². The minimum Gasteiger partial charge on any atom is -0.454 e. The van der Waals surface area contributed by atoms with Crippen LogP contribution in [0.5, 0.6) is 0 Å². The first-order chi connectivity index (χ1) is 16.9. The normalized spacial score (nSPS) is 10.3. The zero-order valence-electron chi connectivity index (χ0n) is 19.7. The molecule has 0 saturated carbocycles. The Hall–Kier alpha value is -4.40. The Morgan fingerprint density at radius 2 is 1.43 bits per heavy atom. The summed E-state index contributed by atoms with van der Waals surface area (Å²) in [7, 11) is 0. The molecule has 0 radical (unpaired) electrons. The van der Waals surface area contributed by atoms with E-state index in [4.69, 9.17) is 4.74 Å². The van der Waals surface area contributed by atoms with Crippen LogP contribution in [-0.2, 0) is 14.3 Å². The second kappa shape index (κ2) is 12.2. The predicted molar refractivity (Wildman–Crippen MR) is 133 cm³/mol. The van der Waals surface area contributed by atoms with E-state index < -0.39 is 36.8 Å². The second-order valence-electron chi connectivity index (χ2n) is 7.63. The third-order valence-electron chi connectivity index (χ3n) is 5.34. The fourth-order valence-corrected chi connectivity index (χ4v) is 3.43. The van der Waals surface area contributed by atoms with Crippen LogP contribution >= 0.6 is 0 Å². The molecule has 0 saturated heterocycles. The smallest absolute Gasteiger partial charge is 0.325 e. The van der Waals surface area contributed by atoms with Crippen LogP contribution in [-0.4, -0.2) is 49.9 Å². The molecular formula is C26H28N4O5. The van der Waals surface area contributed by atoms with E-state index in [1.165, 1.54) is 0 Å². The molecule has 0 bridgehead atoms. The fourth-order valence-electron chi connectivity index (χ4n) is 3.43. The Morgan fingerprint density at radius 1 is 0.771 bits per heavy atom. The van der Waals surface area contributed by atoms with Crippen LogP contribution in [0.3, 0.4) is 0 Å². The average molecular weight is 477 g/mol. The lowest BCUT2D eigenvalue weighted by molar-refractivity contribution is -0.147. The third kappa shape index (κ3) is 7.04. The van der Waals surface area contributed by atoms with Crippen LogP contribution in [0, 0.1) is 0 Å². The molecule has 3 rings (SSSR count). The number of hydrogen-bond acceptors (Lipinski definition) is 6. The maximum absolute atomic E-state index is 12.3. The van der Waals surface area contributed by atoms with Gasteiger partial charge in [-0.3, -0.25) is 30.0 Å². The van der Waals surface area contributed by atoms with Crippen molar-refractivity contribution in [2.24, 2.45) is 0 Å². The lowest BCUT2D eigenvalue weighted by Crippen LogP contribution is -2.44. The van der Waals surface area contributed by atoms with E-state index in [0.717, 1.165) is 29.5 Å². The Balaban J connectivity index is 1.38. The number of rotatable bonds is 9. The molecule has 3 N–H and O–H groups in total. The van der Waals surface area contributed by atoms with Gasteiger partial charge in [-0.05, 0) is 61.0 Å². The van der Waals surface area contributed by atoms with Crippen molar-refractivity contribution >= 4 is 40.2 Å². The van der Waals surface area contributed by atoms with Crippen molar-refractivity contribution < 1.29 is 23.9 Å². The van der Waals surface area contributed by atoms with E-state index >= 15 is 0 Å². The summed E-state index contributed by atoms with van der Waals surface area (Å²) in [6.07, 6.45) is 0. The summed E-state index contributed by atoms with van der Waals surface area (Å²) in [6, 6.07) is 19.8. The van der Waals surface area contributed by atoms with Crippen LogP contribution in [0.25, 0.3) is 10.8 Å². The van der Waals surface area contributed by atoms with Crippen molar-refractivity contribution in [1.29, 1.82) is 0 Å². The highest BCUT2D eigenvalue weighted by molar-refractivity contribution is 6.00. The van der Waals surface area contributed by atoms with Gasteiger partial charge in [-0.25, -0.2) is 0 Å². The molecule has 0 aliphatic rings. The molecule has 0 unspecified atom stereocenters. The number of benzene rings is 3. The number of hydrogen-bond donors (Lipinski definition) is 3. The van der Waals surface area contributed by atoms with E-state index in [1.54, 1.807) is 24.3 Å². The first kappa shape index (κ1) is 25.2. The van der Waals surface area contributed by atoms with E-state index in [9.17, 15) is 19.2 Å². The van der Waals surface area contributed by atoms with Crippen molar-refractivity contribution in [3.63, 3.8) is 0 Å². The molecule has 0 spiro atoms. The highest BCUT2D eigenvalue weighted by atomic mass is 16.5. The summed E-state index contributed by atoms with van der Waals surface area (Å²) < 4.78 is 4.84. The zero-order chi connectivity index (χ0) is 25.2. The summed E-state index contributed by atoms with van der Waals surface area (Å²) in [6.45, 7) is 4.79. The van der Waals surface area contributed by atoms with Crippen molar-refractivity contribution in [3.05, 3.63) is 77.9 Å². The molecule has 0 heterocycles. The molecule has 0 atom stereocenters. The predicted octanol–water partition coefficient (Wildman–Crippen LogP) is 2.42. The highest BCUT2D eigenvalue weighted by Gasteiger charge is 2.13. The standard InChI is InChI=1S/C26H28N4O5/c1-3-30(4-2)22-13-11-19(12-14-22)26(34)29-28-23(31)17-35-24(32)16-27-25(33)21-10-9-18-7-5-6-8-20(18)15-21/h5-15H,3-4,16-17H2,1-2H3,(H,27,33)(H,28,31)(H,29,34). The first-order valence-electron chi connectivity index (χ1n) is 11.3. The monoisotopic (exact) mass is 476 g/mol. The van der Waals surface area contributed by atoms with E-state index in [1.807, 2.05) is 56.3 Å². The van der Waals surface area contributed by atoms with Crippen LogP contribution in [0.1, 0.15) is 34.6 Å². The van der Waals surface area contributed by atoms with Crippen LogP contribution in [0.4, 0.5) is 5.69 Å². The Labute approximate surface area is 203 Å². The molecule has 9 heteroatoms. The number of carbonyl (C=O) groups excluding carboxylic acids is 4. The lowest BCUT2D eigenvalue weighted by atomic mass is 10.1. The van der Waals surface area contributed by atoms with Gasteiger partial charge in [0.2, 0.25) is 0 Å². The molecule has 0 fully saturated rings. The Bertz CT molecular complexity index is 1210. The summed E-state index contributed by atoms with van der Waals surface area (Å²) in [5, 5.41) is 4.36. The SMILES string of the molecule is CCN(CC)c1ccc(C(=O)NNC(=O)COC(=O)CNC(=O)c2ccc3ccccc3c2)cc1. The number of nitrogens with one attached hydrogen (secondary N) is 3. The topological polar surface area (TPSA) is 117 Å². The molecule has 3 aromatic carbocycles. The van der Waals surface area contributed by atoms with Crippen LogP contribution < -0.4 is 21.1 Å². The summed E-state index contributed by atoms with van der Waals surface area (Å²) in [5.74, 6) is -2.44.